The molecule has 94 valence electrons. The van der Waals surface area contributed by atoms with Crippen LogP contribution in [0.15, 0.2) is 0 Å². The largest absolute Gasteiger partial charge is 0.331 e. The second-order valence-electron chi connectivity index (χ2n) is 5.10. The van der Waals surface area contributed by atoms with Crippen LogP contribution in [0.4, 0.5) is 0 Å². The summed E-state index contributed by atoms with van der Waals surface area (Å²) < 4.78 is 1.92. The molecule has 17 heavy (non-hydrogen) atoms. The summed E-state index contributed by atoms with van der Waals surface area (Å²) in [5.41, 5.74) is 0. The Morgan fingerprint density at radius 1 is 1.47 bits per heavy atom. The molecule has 0 fully saturated rings. The Morgan fingerprint density at radius 3 is 2.82 bits per heavy atom. The second-order valence-corrected chi connectivity index (χ2v) is 5.10. The summed E-state index contributed by atoms with van der Waals surface area (Å²) >= 11 is 0. The quantitative estimate of drug-likeness (QED) is 0.782. The third-order valence-electron chi connectivity index (χ3n) is 3.10. The molecule has 0 saturated carbocycles. The van der Waals surface area contributed by atoms with Crippen LogP contribution in [0.3, 0.4) is 0 Å². The summed E-state index contributed by atoms with van der Waals surface area (Å²) in [6, 6.07) is 0.0381. The summed E-state index contributed by atoms with van der Waals surface area (Å²) in [4.78, 5) is 18.4. The molecular formula is C12H20N4O. The van der Waals surface area contributed by atoms with Gasteiger partial charge in [-0.15, -0.1) is 0 Å². The first-order valence-corrected chi connectivity index (χ1v) is 6.20. The molecule has 1 atom stereocenters. The molecule has 0 spiro atoms. The van der Waals surface area contributed by atoms with E-state index in [1.807, 2.05) is 23.4 Å². The van der Waals surface area contributed by atoms with E-state index in [1.54, 1.807) is 0 Å². The summed E-state index contributed by atoms with van der Waals surface area (Å²) in [5, 5.41) is 4.32. The van der Waals surface area contributed by atoms with Gasteiger partial charge in [0.05, 0.1) is 12.6 Å². The van der Waals surface area contributed by atoms with Gasteiger partial charge in [-0.1, -0.05) is 13.8 Å². The van der Waals surface area contributed by atoms with Crippen molar-refractivity contribution in [1.29, 1.82) is 0 Å². The Balaban J connectivity index is 2.16. The van der Waals surface area contributed by atoms with Gasteiger partial charge in [0.15, 0.2) is 0 Å². The molecule has 0 aromatic carbocycles. The van der Waals surface area contributed by atoms with Crippen molar-refractivity contribution >= 4 is 5.91 Å². The predicted octanol–water partition coefficient (Wildman–Crippen LogP) is 1.54. The van der Waals surface area contributed by atoms with Gasteiger partial charge in [-0.3, -0.25) is 4.79 Å². The van der Waals surface area contributed by atoms with Crippen LogP contribution in [-0.2, 0) is 11.3 Å². The minimum absolute atomic E-state index is 0.0381. The third kappa shape index (κ3) is 2.33. The molecule has 0 saturated heterocycles. The van der Waals surface area contributed by atoms with Crippen LogP contribution in [0.5, 0.6) is 0 Å². The molecule has 1 aromatic rings. The van der Waals surface area contributed by atoms with Crippen LogP contribution in [0.1, 0.15) is 44.9 Å². The van der Waals surface area contributed by atoms with Crippen LogP contribution in [0.2, 0.25) is 0 Å². The van der Waals surface area contributed by atoms with E-state index in [9.17, 15) is 4.79 Å². The van der Waals surface area contributed by atoms with E-state index < -0.39 is 0 Å². The molecule has 2 heterocycles. The van der Waals surface area contributed by atoms with E-state index in [0.717, 1.165) is 24.7 Å². The van der Waals surface area contributed by atoms with E-state index in [1.165, 1.54) is 0 Å². The number of carbonyl (C=O) groups is 1. The van der Waals surface area contributed by atoms with Crippen LogP contribution < -0.4 is 0 Å². The average molecular weight is 236 g/mol. The maximum Gasteiger partial charge on any atom is 0.223 e. The third-order valence-corrected chi connectivity index (χ3v) is 3.10. The molecular weight excluding hydrogens is 216 g/mol. The normalized spacial score (nSPS) is 19.6. The molecule has 0 radical (unpaired) electrons. The number of fused-ring (bicyclic) bond motifs is 1. The molecule has 0 bridgehead atoms. The molecule has 1 aromatic heterocycles. The van der Waals surface area contributed by atoms with Gasteiger partial charge in [0, 0.05) is 13.0 Å². The number of amides is 1. The van der Waals surface area contributed by atoms with Crippen molar-refractivity contribution in [2.45, 2.75) is 46.7 Å². The van der Waals surface area contributed by atoms with Gasteiger partial charge >= 0.3 is 0 Å². The lowest BCUT2D eigenvalue weighted by Gasteiger charge is -2.33. The minimum Gasteiger partial charge on any atom is -0.331 e. The highest BCUT2D eigenvalue weighted by Crippen LogP contribution is 2.24. The number of hydrogen-bond acceptors (Lipinski definition) is 3. The number of aryl methyl sites for hydroxylation is 1. The zero-order chi connectivity index (χ0) is 12.6. The summed E-state index contributed by atoms with van der Waals surface area (Å²) in [6.45, 7) is 9.54. The zero-order valence-electron chi connectivity index (χ0n) is 11.0. The monoisotopic (exact) mass is 236 g/mol. The maximum atomic E-state index is 12.1. The van der Waals surface area contributed by atoms with Crippen LogP contribution in [0.25, 0.3) is 0 Å². The van der Waals surface area contributed by atoms with E-state index >= 15 is 0 Å². The molecule has 0 N–H and O–H groups in total. The van der Waals surface area contributed by atoms with Gasteiger partial charge < -0.3 is 4.90 Å². The van der Waals surface area contributed by atoms with E-state index in [-0.39, 0.29) is 11.9 Å². The molecule has 0 aliphatic carbocycles. The first-order chi connectivity index (χ1) is 7.99. The predicted molar refractivity (Wildman–Crippen MR) is 64.3 cm³/mol. The fourth-order valence-electron chi connectivity index (χ4n) is 2.29. The average Bonchev–Trinajstić information content (AvgIpc) is 2.58. The first-order valence-electron chi connectivity index (χ1n) is 6.20. The Bertz CT molecular complexity index is 424. The standard InChI is InChI=1S/C12H20N4O/c1-8(2)7-11(17)15-5-6-16-12(9(15)3)13-10(4)14-16/h8-9H,5-7H2,1-4H3. The molecule has 2 rings (SSSR count). The molecule has 5 nitrogen and oxygen atoms in total. The van der Waals surface area contributed by atoms with Gasteiger partial charge in [-0.05, 0) is 19.8 Å². The smallest absolute Gasteiger partial charge is 0.223 e. The Labute approximate surface area is 102 Å². The van der Waals surface area contributed by atoms with Crippen molar-refractivity contribution in [3.05, 3.63) is 11.6 Å². The summed E-state index contributed by atoms with van der Waals surface area (Å²) in [5.74, 6) is 2.31. The summed E-state index contributed by atoms with van der Waals surface area (Å²) in [7, 11) is 0. The molecule has 1 aliphatic rings. The van der Waals surface area contributed by atoms with Crippen molar-refractivity contribution in [2.24, 2.45) is 5.92 Å². The van der Waals surface area contributed by atoms with E-state index in [4.69, 9.17) is 0 Å². The van der Waals surface area contributed by atoms with Crippen molar-refractivity contribution in [2.75, 3.05) is 6.54 Å². The van der Waals surface area contributed by atoms with Gasteiger partial charge in [0.25, 0.3) is 0 Å². The lowest BCUT2D eigenvalue weighted by atomic mass is 10.1. The molecule has 1 amide bonds. The highest BCUT2D eigenvalue weighted by molar-refractivity contribution is 5.76. The fraction of sp³-hybridized carbons (Fsp3) is 0.750. The fourth-order valence-corrected chi connectivity index (χ4v) is 2.29. The zero-order valence-corrected chi connectivity index (χ0v) is 11.0. The Hall–Kier alpha value is -1.39. The van der Waals surface area contributed by atoms with Crippen LogP contribution in [-0.4, -0.2) is 32.1 Å². The topological polar surface area (TPSA) is 51.0 Å². The minimum atomic E-state index is 0.0381. The van der Waals surface area contributed by atoms with Gasteiger partial charge in [-0.2, -0.15) is 5.10 Å². The van der Waals surface area contributed by atoms with Crippen molar-refractivity contribution < 1.29 is 4.79 Å². The number of nitrogens with zero attached hydrogens (tertiary/aromatic N) is 4. The highest BCUT2D eigenvalue weighted by atomic mass is 16.2. The highest BCUT2D eigenvalue weighted by Gasteiger charge is 2.29. The lowest BCUT2D eigenvalue weighted by molar-refractivity contribution is -0.135. The molecule has 1 aliphatic heterocycles. The Kier molecular flexibility index (Phi) is 3.17. The van der Waals surface area contributed by atoms with Gasteiger partial charge in [0.1, 0.15) is 11.6 Å². The number of hydrogen-bond donors (Lipinski definition) is 0. The first kappa shape index (κ1) is 12.1. The molecule has 5 heteroatoms. The van der Waals surface area contributed by atoms with Gasteiger partial charge in [-0.25, -0.2) is 9.67 Å². The second kappa shape index (κ2) is 4.47. The van der Waals surface area contributed by atoms with Crippen molar-refractivity contribution in [3.8, 4) is 0 Å². The van der Waals surface area contributed by atoms with Crippen LogP contribution in [0, 0.1) is 12.8 Å². The lowest BCUT2D eigenvalue weighted by Crippen LogP contribution is -2.41. The molecule has 1 unspecified atom stereocenters. The van der Waals surface area contributed by atoms with Crippen LogP contribution >= 0.6 is 0 Å². The Morgan fingerprint density at radius 2 is 2.18 bits per heavy atom. The van der Waals surface area contributed by atoms with E-state index in [2.05, 4.69) is 23.9 Å². The maximum absolute atomic E-state index is 12.1. The number of aromatic nitrogens is 3. The van der Waals surface area contributed by atoms with Gasteiger partial charge in [0.2, 0.25) is 5.91 Å². The summed E-state index contributed by atoms with van der Waals surface area (Å²) in [6.07, 6.45) is 0.609. The SMILES string of the molecule is Cc1nc2n(n1)CCN(C(=O)CC(C)C)C2C. The van der Waals surface area contributed by atoms with Crippen molar-refractivity contribution in [3.63, 3.8) is 0 Å². The number of carbonyl (C=O) groups excluding carboxylic acids is 1. The van der Waals surface area contributed by atoms with E-state index in [0.29, 0.717) is 12.3 Å². The van der Waals surface area contributed by atoms with Crippen molar-refractivity contribution in [1.82, 2.24) is 19.7 Å². The number of rotatable bonds is 2.